The van der Waals surface area contributed by atoms with Crippen LogP contribution in [-0.4, -0.2) is 24.1 Å². The molecule has 2 aromatic heterocycles. The van der Waals surface area contributed by atoms with Crippen LogP contribution in [0.2, 0.25) is 0 Å². The zero-order valence-corrected chi connectivity index (χ0v) is 9.53. The molecule has 6 heteroatoms. The van der Waals surface area contributed by atoms with Crippen molar-refractivity contribution >= 4 is 11.0 Å². The highest BCUT2D eigenvalue weighted by atomic mass is 16.1. The van der Waals surface area contributed by atoms with Crippen LogP contribution in [-0.2, 0) is 14.1 Å². The fourth-order valence-electron chi connectivity index (χ4n) is 1.95. The van der Waals surface area contributed by atoms with Gasteiger partial charge in [0.1, 0.15) is 0 Å². The van der Waals surface area contributed by atoms with Crippen molar-refractivity contribution in [2.24, 2.45) is 14.1 Å². The Hall–Kier alpha value is -2.37. The van der Waals surface area contributed by atoms with Gasteiger partial charge in [-0.3, -0.25) is 4.57 Å². The summed E-state index contributed by atoms with van der Waals surface area (Å²) in [4.78, 5) is 13.6. The van der Waals surface area contributed by atoms with Gasteiger partial charge in [0.05, 0.1) is 17.2 Å². The van der Waals surface area contributed by atoms with Crippen LogP contribution in [0.1, 0.15) is 0 Å². The number of hydrogen-bond donors (Lipinski definition) is 0. The minimum atomic E-state index is -0.119. The number of benzene rings is 1. The average molecular weight is 229 g/mol. The van der Waals surface area contributed by atoms with Gasteiger partial charge in [-0.25, -0.2) is 9.36 Å². The second-order valence-electron chi connectivity index (χ2n) is 3.86. The van der Waals surface area contributed by atoms with Gasteiger partial charge in [-0.05, 0) is 12.1 Å². The highest BCUT2D eigenvalue weighted by Gasteiger charge is 2.13. The van der Waals surface area contributed by atoms with Crippen LogP contribution in [0.3, 0.4) is 0 Å². The molecule has 0 radical (unpaired) electrons. The molecule has 17 heavy (non-hydrogen) atoms. The van der Waals surface area contributed by atoms with Gasteiger partial charge >= 0.3 is 5.69 Å². The lowest BCUT2D eigenvalue weighted by Gasteiger charge is -1.95. The van der Waals surface area contributed by atoms with Crippen molar-refractivity contribution in [1.82, 2.24) is 24.1 Å². The summed E-state index contributed by atoms with van der Waals surface area (Å²) in [5.41, 5.74) is 1.59. The third-order valence-electron chi connectivity index (χ3n) is 2.78. The zero-order chi connectivity index (χ0) is 12.0. The van der Waals surface area contributed by atoms with Crippen molar-refractivity contribution in [1.29, 1.82) is 0 Å². The van der Waals surface area contributed by atoms with E-state index in [9.17, 15) is 4.79 Å². The molecule has 0 bridgehead atoms. The Morgan fingerprint density at radius 3 is 2.47 bits per heavy atom. The lowest BCUT2D eigenvalue weighted by Crippen LogP contribution is -2.21. The maximum Gasteiger partial charge on any atom is 0.334 e. The summed E-state index contributed by atoms with van der Waals surface area (Å²) < 4.78 is 3.16. The Morgan fingerprint density at radius 2 is 1.82 bits per heavy atom. The Balaban J connectivity index is 2.44. The molecule has 6 nitrogen and oxygen atoms in total. The lowest BCUT2D eigenvalue weighted by molar-refractivity contribution is 0.647. The highest BCUT2D eigenvalue weighted by molar-refractivity contribution is 5.77. The molecule has 3 rings (SSSR count). The fraction of sp³-hybridized carbons (Fsp3) is 0.182. The van der Waals surface area contributed by atoms with Crippen LogP contribution in [0.15, 0.2) is 35.3 Å². The van der Waals surface area contributed by atoms with Gasteiger partial charge in [-0.1, -0.05) is 12.1 Å². The van der Waals surface area contributed by atoms with Crippen molar-refractivity contribution in [3.8, 4) is 5.82 Å². The van der Waals surface area contributed by atoms with Gasteiger partial charge < -0.3 is 0 Å². The number of aryl methyl sites for hydroxylation is 2. The number of aromatic nitrogens is 5. The molecule has 2 heterocycles. The van der Waals surface area contributed by atoms with E-state index < -0.39 is 0 Å². The Morgan fingerprint density at radius 1 is 1.12 bits per heavy atom. The first kappa shape index (κ1) is 9.83. The number of fused-ring (bicyclic) bond motifs is 1. The van der Waals surface area contributed by atoms with Gasteiger partial charge in [0.25, 0.3) is 0 Å². The summed E-state index contributed by atoms with van der Waals surface area (Å²) >= 11 is 0. The van der Waals surface area contributed by atoms with Crippen LogP contribution in [0.5, 0.6) is 0 Å². The highest BCUT2D eigenvalue weighted by Crippen LogP contribution is 2.14. The Bertz CT molecular complexity index is 749. The largest absolute Gasteiger partial charge is 0.334 e. The maximum absolute atomic E-state index is 12.1. The monoisotopic (exact) mass is 229 g/mol. The number of imidazole rings is 1. The molecule has 0 saturated carbocycles. The van der Waals surface area contributed by atoms with Crippen molar-refractivity contribution in [3.63, 3.8) is 0 Å². The summed E-state index contributed by atoms with van der Waals surface area (Å²) in [5.74, 6) is 0.536. The molecule has 0 fully saturated rings. The van der Waals surface area contributed by atoms with Crippen LogP contribution in [0, 0.1) is 0 Å². The SMILES string of the molecule is Cn1ncc(-n2c(=O)n(C)c3ccccc32)n1. The van der Waals surface area contributed by atoms with Crippen molar-refractivity contribution in [2.45, 2.75) is 0 Å². The van der Waals surface area contributed by atoms with Crippen LogP contribution in [0.4, 0.5) is 0 Å². The fourth-order valence-corrected chi connectivity index (χ4v) is 1.95. The minimum absolute atomic E-state index is 0.119. The van der Waals surface area contributed by atoms with Gasteiger partial charge in [0, 0.05) is 14.1 Å². The molecular weight excluding hydrogens is 218 g/mol. The lowest BCUT2D eigenvalue weighted by atomic mass is 10.3. The van der Waals surface area contributed by atoms with Crippen LogP contribution in [0.25, 0.3) is 16.9 Å². The van der Waals surface area contributed by atoms with Crippen LogP contribution < -0.4 is 5.69 Å². The smallest absolute Gasteiger partial charge is 0.295 e. The van der Waals surface area contributed by atoms with Crippen LogP contribution >= 0.6 is 0 Å². The van der Waals surface area contributed by atoms with E-state index in [-0.39, 0.29) is 5.69 Å². The zero-order valence-electron chi connectivity index (χ0n) is 9.53. The van der Waals surface area contributed by atoms with Crippen molar-refractivity contribution < 1.29 is 0 Å². The summed E-state index contributed by atoms with van der Waals surface area (Å²) in [6, 6.07) is 7.60. The topological polar surface area (TPSA) is 57.6 Å². The third-order valence-corrected chi connectivity index (χ3v) is 2.78. The standard InChI is InChI=1S/C11H11N5O/c1-14-8-5-3-4-6-9(8)16(11(14)17)10-7-12-15(2)13-10/h3-7H,1-2H3. The Labute approximate surface area is 96.7 Å². The Kier molecular flexibility index (Phi) is 1.91. The van der Waals surface area contributed by atoms with E-state index in [1.807, 2.05) is 24.3 Å². The van der Waals surface area contributed by atoms with Gasteiger partial charge in [0.15, 0.2) is 5.82 Å². The molecule has 0 saturated heterocycles. The van der Waals surface area contributed by atoms with E-state index in [0.717, 1.165) is 11.0 Å². The van der Waals surface area contributed by atoms with Crippen molar-refractivity contribution in [2.75, 3.05) is 0 Å². The number of hydrogen-bond acceptors (Lipinski definition) is 3. The van der Waals surface area contributed by atoms with E-state index in [4.69, 9.17) is 0 Å². The van der Waals surface area contributed by atoms with E-state index in [1.165, 1.54) is 4.80 Å². The molecule has 0 unspecified atom stereocenters. The summed E-state index contributed by atoms with van der Waals surface area (Å²) in [7, 11) is 3.47. The molecule has 0 amide bonds. The number of nitrogens with zero attached hydrogens (tertiary/aromatic N) is 5. The number of rotatable bonds is 1. The summed E-state index contributed by atoms with van der Waals surface area (Å²) in [5, 5.41) is 8.15. The molecule has 0 N–H and O–H groups in total. The molecular formula is C11H11N5O. The van der Waals surface area contributed by atoms with Gasteiger partial charge in [-0.15, -0.1) is 5.10 Å². The molecule has 0 aliphatic rings. The second kappa shape index (κ2) is 3.31. The van der Waals surface area contributed by atoms with E-state index >= 15 is 0 Å². The first-order chi connectivity index (χ1) is 8.18. The predicted molar refractivity (Wildman–Crippen MR) is 63.1 cm³/mol. The molecule has 0 atom stereocenters. The molecule has 0 spiro atoms. The summed E-state index contributed by atoms with van der Waals surface area (Å²) in [6.45, 7) is 0. The van der Waals surface area contributed by atoms with Gasteiger partial charge in [-0.2, -0.15) is 9.90 Å². The predicted octanol–water partition coefficient (Wildman–Crippen LogP) is 0.458. The molecule has 1 aromatic carbocycles. The minimum Gasteiger partial charge on any atom is -0.295 e. The van der Waals surface area contributed by atoms with Crippen molar-refractivity contribution in [3.05, 3.63) is 40.9 Å². The first-order valence-electron chi connectivity index (χ1n) is 5.21. The molecule has 86 valence electrons. The molecule has 0 aliphatic heterocycles. The average Bonchev–Trinajstić information content (AvgIpc) is 2.84. The summed E-state index contributed by atoms with van der Waals surface area (Å²) in [6.07, 6.45) is 1.58. The van der Waals surface area contributed by atoms with E-state index in [1.54, 1.807) is 29.4 Å². The van der Waals surface area contributed by atoms with E-state index in [0.29, 0.717) is 5.82 Å². The van der Waals surface area contributed by atoms with E-state index in [2.05, 4.69) is 10.2 Å². The maximum atomic E-state index is 12.1. The quantitative estimate of drug-likeness (QED) is 0.609. The normalized spacial score (nSPS) is 11.2. The third kappa shape index (κ3) is 1.30. The number of para-hydroxylation sites is 2. The van der Waals surface area contributed by atoms with Gasteiger partial charge in [0.2, 0.25) is 0 Å². The molecule has 0 aliphatic carbocycles. The second-order valence-corrected chi connectivity index (χ2v) is 3.86. The first-order valence-corrected chi connectivity index (χ1v) is 5.21. The molecule has 3 aromatic rings.